The highest BCUT2D eigenvalue weighted by atomic mass is 79.9. The first kappa shape index (κ1) is 6.09. The van der Waals surface area contributed by atoms with E-state index in [2.05, 4.69) is 47.2 Å². The van der Waals surface area contributed by atoms with Gasteiger partial charge in [0, 0.05) is 10.7 Å². The third-order valence-corrected chi connectivity index (χ3v) is 1.92. The fraction of sp³-hybridized carbons (Fsp3) is 0.429. The summed E-state index contributed by atoms with van der Waals surface area (Å²) in [4.78, 5) is 0.581. The van der Waals surface area contributed by atoms with E-state index in [9.17, 15) is 0 Å². The predicted molar refractivity (Wildman–Crippen MR) is 40.2 cm³/mol. The van der Waals surface area contributed by atoms with Crippen LogP contribution in [0.3, 0.4) is 0 Å². The Balaban J connectivity index is 2.49. The Morgan fingerprint density at radius 2 is 1.88 bits per heavy atom. The molecule has 1 heteroatoms. The van der Waals surface area contributed by atoms with Gasteiger partial charge in [0.2, 0.25) is 0 Å². The van der Waals surface area contributed by atoms with E-state index in [1.165, 1.54) is 0 Å². The van der Waals surface area contributed by atoms with E-state index in [1.54, 1.807) is 0 Å². The van der Waals surface area contributed by atoms with E-state index in [0.717, 1.165) is 0 Å². The summed E-state index contributed by atoms with van der Waals surface area (Å²) < 4.78 is 0. The van der Waals surface area contributed by atoms with Crippen LogP contribution in [0.4, 0.5) is 0 Å². The van der Waals surface area contributed by atoms with Crippen LogP contribution < -0.4 is 0 Å². The topological polar surface area (TPSA) is 0 Å². The van der Waals surface area contributed by atoms with E-state index in [4.69, 9.17) is 0 Å². The second kappa shape index (κ2) is 2.49. The van der Waals surface area contributed by atoms with Gasteiger partial charge in [-0.25, -0.2) is 0 Å². The fourth-order valence-electron chi connectivity index (χ4n) is 0.755. The minimum Gasteiger partial charge on any atom is -0.0884 e. The lowest BCUT2D eigenvalue weighted by molar-refractivity contribution is 0.818. The van der Waals surface area contributed by atoms with Crippen molar-refractivity contribution in [2.45, 2.75) is 11.8 Å². The van der Waals surface area contributed by atoms with E-state index in [0.29, 0.717) is 10.7 Å². The number of hydrogen-bond acceptors (Lipinski definition) is 0. The van der Waals surface area contributed by atoms with Gasteiger partial charge in [0.15, 0.2) is 0 Å². The number of hydrogen-bond donors (Lipinski definition) is 0. The monoisotopic (exact) mass is 172 g/mol. The molecule has 0 heterocycles. The maximum absolute atomic E-state index is 3.50. The van der Waals surface area contributed by atoms with Crippen molar-refractivity contribution in [3.05, 3.63) is 24.3 Å². The summed E-state index contributed by atoms with van der Waals surface area (Å²) >= 11 is 3.50. The zero-order valence-electron chi connectivity index (χ0n) is 4.84. The van der Waals surface area contributed by atoms with Crippen molar-refractivity contribution in [3.8, 4) is 0 Å². The molecule has 0 nitrogen and oxygen atoms in total. The lowest BCUT2D eigenvalue weighted by atomic mass is 10.1. The molecule has 0 saturated carbocycles. The molecule has 0 aromatic carbocycles. The second-order valence-corrected chi connectivity index (χ2v) is 3.47. The van der Waals surface area contributed by atoms with E-state index in [1.807, 2.05) is 0 Å². The zero-order chi connectivity index (χ0) is 5.98. The molecule has 1 atom stereocenters. The highest BCUT2D eigenvalue weighted by Crippen LogP contribution is 2.18. The van der Waals surface area contributed by atoms with Crippen LogP contribution in [0, 0.1) is 5.92 Å². The summed E-state index contributed by atoms with van der Waals surface area (Å²) in [5.41, 5.74) is 0. The lowest BCUT2D eigenvalue weighted by Crippen LogP contribution is -2.01. The largest absolute Gasteiger partial charge is 0.0884 e. The molecule has 1 rings (SSSR count). The van der Waals surface area contributed by atoms with Crippen molar-refractivity contribution in [2.75, 3.05) is 0 Å². The summed E-state index contributed by atoms with van der Waals surface area (Å²) in [5.74, 6) is 0.620. The Kier molecular flexibility index (Phi) is 1.90. The van der Waals surface area contributed by atoms with E-state index in [-0.39, 0.29) is 0 Å². The third-order valence-electron chi connectivity index (χ3n) is 1.31. The molecule has 0 spiro atoms. The molecule has 1 aliphatic rings. The first-order valence-corrected chi connectivity index (χ1v) is 3.71. The average Bonchev–Trinajstić information content (AvgIpc) is 2.12. The lowest BCUT2D eigenvalue weighted by Gasteiger charge is -2.05. The van der Waals surface area contributed by atoms with Crippen LogP contribution in [-0.4, -0.2) is 4.83 Å². The average molecular weight is 173 g/mol. The zero-order valence-corrected chi connectivity index (χ0v) is 6.43. The summed E-state index contributed by atoms with van der Waals surface area (Å²) in [6, 6.07) is 0. The van der Waals surface area contributed by atoms with Gasteiger partial charge >= 0.3 is 0 Å². The highest BCUT2D eigenvalue weighted by Gasteiger charge is 2.08. The van der Waals surface area contributed by atoms with Gasteiger partial charge in [-0.05, 0) is 0 Å². The molecule has 0 radical (unpaired) electrons. The summed E-state index contributed by atoms with van der Waals surface area (Å²) in [5, 5.41) is 0. The van der Waals surface area contributed by atoms with Crippen LogP contribution in [0.1, 0.15) is 6.92 Å². The minimum atomic E-state index is 0.581. The molecule has 1 aliphatic carbocycles. The first-order chi connectivity index (χ1) is 3.80. The van der Waals surface area contributed by atoms with Gasteiger partial charge in [0.1, 0.15) is 0 Å². The van der Waals surface area contributed by atoms with Crippen molar-refractivity contribution < 1.29 is 0 Å². The van der Waals surface area contributed by atoms with Gasteiger partial charge in [0.05, 0.1) is 0 Å². The molecular formula is C7H9Br. The molecular weight excluding hydrogens is 164 g/mol. The smallest absolute Gasteiger partial charge is 0.0215 e. The van der Waals surface area contributed by atoms with Gasteiger partial charge in [-0.3, -0.25) is 0 Å². The van der Waals surface area contributed by atoms with Gasteiger partial charge in [0.25, 0.3) is 0 Å². The molecule has 44 valence electrons. The molecule has 8 heavy (non-hydrogen) atoms. The Morgan fingerprint density at radius 1 is 1.38 bits per heavy atom. The van der Waals surface area contributed by atoms with Gasteiger partial charge < -0.3 is 0 Å². The van der Waals surface area contributed by atoms with Crippen LogP contribution in [0.2, 0.25) is 0 Å². The van der Waals surface area contributed by atoms with Crippen LogP contribution in [0.5, 0.6) is 0 Å². The highest BCUT2D eigenvalue weighted by molar-refractivity contribution is 9.09. The summed E-state index contributed by atoms with van der Waals surface area (Å²) in [6.07, 6.45) is 8.56. The fourth-order valence-corrected chi connectivity index (χ4v) is 1.11. The molecule has 0 bridgehead atoms. The van der Waals surface area contributed by atoms with Crippen molar-refractivity contribution >= 4 is 15.9 Å². The van der Waals surface area contributed by atoms with E-state index >= 15 is 0 Å². The van der Waals surface area contributed by atoms with Crippen molar-refractivity contribution in [1.82, 2.24) is 0 Å². The van der Waals surface area contributed by atoms with Gasteiger partial charge in [-0.15, -0.1) is 0 Å². The Labute approximate surface area is 58.4 Å². The van der Waals surface area contributed by atoms with Crippen LogP contribution in [0.15, 0.2) is 24.3 Å². The standard InChI is InChI=1S/C7H9Br/c1-6(8)7-4-2-3-5-7/h2-7H,1H3. The Hall–Kier alpha value is -0.0400. The predicted octanol–water partition coefficient (Wildman–Crippen LogP) is 2.51. The quantitative estimate of drug-likeness (QED) is 0.534. The molecule has 0 aromatic heterocycles. The molecule has 0 fully saturated rings. The maximum Gasteiger partial charge on any atom is 0.0215 e. The van der Waals surface area contributed by atoms with Crippen molar-refractivity contribution in [1.29, 1.82) is 0 Å². The third kappa shape index (κ3) is 1.22. The van der Waals surface area contributed by atoms with Gasteiger partial charge in [-0.1, -0.05) is 47.2 Å². The maximum atomic E-state index is 3.50. The number of allylic oxidation sites excluding steroid dienone is 4. The SMILES string of the molecule is CC(Br)C1C=CC=C1. The molecule has 0 saturated heterocycles. The number of alkyl halides is 1. The Morgan fingerprint density at radius 3 is 2.12 bits per heavy atom. The summed E-state index contributed by atoms with van der Waals surface area (Å²) in [6.45, 7) is 2.16. The second-order valence-electron chi connectivity index (χ2n) is 2.02. The van der Waals surface area contributed by atoms with Crippen molar-refractivity contribution in [3.63, 3.8) is 0 Å². The van der Waals surface area contributed by atoms with Gasteiger partial charge in [-0.2, -0.15) is 0 Å². The molecule has 0 N–H and O–H groups in total. The number of rotatable bonds is 1. The van der Waals surface area contributed by atoms with E-state index < -0.39 is 0 Å². The Bertz CT molecular complexity index is 110. The summed E-state index contributed by atoms with van der Waals surface area (Å²) in [7, 11) is 0. The molecule has 0 aromatic rings. The normalized spacial score (nSPS) is 22.2. The van der Waals surface area contributed by atoms with Crippen LogP contribution in [0.25, 0.3) is 0 Å². The van der Waals surface area contributed by atoms with Crippen LogP contribution in [-0.2, 0) is 0 Å². The minimum absolute atomic E-state index is 0.581. The molecule has 0 amide bonds. The molecule has 1 unspecified atom stereocenters. The van der Waals surface area contributed by atoms with Crippen molar-refractivity contribution in [2.24, 2.45) is 5.92 Å². The number of halogens is 1. The van der Waals surface area contributed by atoms with Crippen LogP contribution >= 0.6 is 15.9 Å². The molecule has 0 aliphatic heterocycles. The first-order valence-electron chi connectivity index (χ1n) is 2.80.